The van der Waals surface area contributed by atoms with Crippen LogP contribution in [0.4, 0.5) is 10.1 Å². The molecule has 1 atom stereocenters. The van der Waals surface area contributed by atoms with Crippen LogP contribution in [-0.4, -0.2) is 18.5 Å². The maximum atomic E-state index is 13.3. The maximum Gasteiger partial charge on any atom is 0.243 e. The van der Waals surface area contributed by atoms with E-state index in [2.05, 4.69) is 15.9 Å². The number of anilines is 1. The molecule has 16 heavy (non-hydrogen) atoms. The Kier molecular flexibility index (Phi) is 3.25. The van der Waals surface area contributed by atoms with Crippen LogP contribution in [0, 0.1) is 5.82 Å². The van der Waals surface area contributed by atoms with Crippen LogP contribution in [-0.2, 0) is 4.79 Å². The van der Waals surface area contributed by atoms with Crippen LogP contribution in [0.3, 0.4) is 0 Å². The standard InChI is InChI=1S/C11H12BrFN2O/c12-8-4-3-7(6-9(8)13)15-5-1-2-10(14)11(15)16/h3-4,6,10H,1-2,5,14H2. The lowest BCUT2D eigenvalue weighted by molar-refractivity contribution is -0.120. The largest absolute Gasteiger partial charge is 0.320 e. The summed E-state index contributed by atoms with van der Waals surface area (Å²) in [5, 5.41) is 0. The third-order valence-electron chi connectivity index (χ3n) is 2.69. The van der Waals surface area contributed by atoms with Crippen molar-refractivity contribution in [1.82, 2.24) is 0 Å². The molecule has 1 aromatic carbocycles. The van der Waals surface area contributed by atoms with Crippen molar-refractivity contribution in [3.63, 3.8) is 0 Å². The van der Waals surface area contributed by atoms with Gasteiger partial charge in [0, 0.05) is 12.2 Å². The van der Waals surface area contributed by atoms with Gasteiger partial charge in [-0.25, -0.2) is 4.39 Å². The molecule has 5 heteroatoms. The van der Waals surface area contributed by atoms with E-state index in [1.165, 1.54) is 6.07 Å². The quantitative estimate of drug-likeness (QED) is 0.859. The minimum Gasteiger partial charge on any atom is -0.320 e. The Morgan fingerprint density at radius 3 is 2.94 bits per heavy atom. The molecule has 0 aromatic heterocycles. The summed E-state index contributed by atoms with van der Waals surface area (Å²) >= 11 is 3.08. The molecule has 86 valence electrons. The minimum atomic E-state index is -0.458. The maximum absolute atomic E-state index is 13.3. The highest BCUT2D eigenvalue weighted by atomic mass is 79.9. The number of carbonyl (C=O) groups is 1. The number of rotatable bonds is 1. The summed E-state index contributed by atoms with van der Waals surface area (Å²) in [5.74, 6) is -0.502. The molecular weight excluding hydrogens is 275 g/mol. The number of halogens is 2. The fourth-order valence-electron chi connectivity index (χ4n) is 1.81. The van der Waals surface area contributed by atoms with Crippen molar-refractivity contribution in [1.29, 1.82) is 0 Å². The zero-order valence-corrected chi connectivity index (χ0v) is 10.2. The van der Waals surface area contributed by atoms with Crippen LogP contribution >= 0.6 is 15.9 Å². The van der Waals surface area contributed by atoms with E-state index in [0.717, 1.165) is 6.42 Å². The van der Waals surface area contributed by atoms with Crippen molar-refractivity contribution in [3.05, 3.63) is 28.5 Å². The highest BCUT2D eigenvalue weighted by molar-refractivity contribution is 9.10. The van der Waals surface area contributed by atoms with Crippen LogP contribution in [0.5, 0.6) is 0 Å². The number of amides is 1. The lowest BCUT2D eigenvalue weighted by atomic mass is 10.0. The number of piperidine rings is 1. The fraction of sp³-hybridized carbons (Fsp3) is 0.364. The molecule has 0 spiro atoms. The first kappa shape index (κ1) is 11.5. The number of carbonyl (C=O) groups excluding carboxylic acids is 1. The van der Waals surface area contributed by atoms with Crippen molar-refractivity contribution in [2.24, 2.45) is 5.73 Å². The van der Waals surface area contributed by atoms with E-state index in [-0.39, 0.29) is 11.7 Å². The van der Waals surface area contributed by atoms with Gasteiger partial charge in [0.1, 0.15) is 5.82 Å². The van der Waals surface area contributed by atoms with Gasteiger partial charge in [0.25, 0.3) is 0 Å². The zero-order chi connectivity index (χ0) is 11.7. The Balaban J connectivity index is 2.29. The van der Waals surface area contributed by atoms with E-state index < -0.39 is 6.04 Å². The molecule has 1 heterocycles. The molecule has 2 N–H and O–H groups in total. The molecule has 1 aromatic rings. The van der Waals surface area contributed by atoms with Gasteiger partial charge in [-0.15, -0.1) is 0 Å². The molecule has 0 radical (unpaired) electrons. The van der Waals surface area contributed by atoms with Gasteiger partial charge in [-0.1, -0.05) is 0 Å². The van der Waals surface area contributed by atoms with Gasteiger partial charge >= 0.3 is 0 Å². The molecule has 1 amide bonds. The number of nitrogens with zero attached hydrogens (tertiary/aromatic N) is 1. The third-order valence-corrected chi connectivity index (χ3v) is 3.34. The van der Waals surface area contributed by atoms with E-state index in [1.807, 2.05) is 0 Å². The number of hydrogen-bond acceptors (Lipinski definition) is 2. The average molecular weight is 287 g/mol. The summed E-state index contributed by atoms with van der Waals surface area (Å²) in [6, 6.07) is 4.20. The lowest BCUT2D eigenvalue weighted by Crippen LogP contribution is -2.48. The highest BCUT2D eigenvalue weighted by Crippen LogP contribution is 2.25. The van der Waals surface area contributed by atoms with Crippen molar-refractivity contribution in [2.75, 3.05) is 11.4 Å². The summed E-state index contributed by atoms with van der Waals surface area (Å²) in [6.07, 6.45) is 1.55. The van der Waals surface area contributed by atoms with E-state index >= 15 is 0 Å². The normalized spacial score (nSPS) is 21.3. The van der Waals surface area contributed by atoms with Gasteiger partial charge < -0.3 is 10.6 Å². The molecule has 2 rings (SSSR count). The summed E-state index contributed by atoms with van der Waals surface area (Å²) in [4.78, 5) is 13.3. The first-order chi connectivity index (χ1) is 7.59. The second-order valence-corrected chi connectivity index (χ2v) is 4.69. The predicted octanol–water partition coefficient (Wildman–Crippen LogP) is 2.04. The molecule has 1 aliphatic heterocycles. The molecule has 3 nitrogen and oxygen atoms in total. The molecule has 0 saturated carbocycles. The monoisotopic (exact) mass is 286 g/mol. The van der Waals surface area contributed by atoms with Gasteiger partial charge in [0.2, 0.25) is 5.91 Å². The molecule has 0 aliphatic carbocycles. The van der Waals surface area contributed by atoms with Crippen LogP contribution < -0.4 is 10.6 Å². The zero-order valence-electron chi connectivity index (χ0n) is 8.62. The van der Waals surface area contributed by atoms with Crippen LogP contribution in [0.25, 0.3) is 0 Å². The molecular formula is C11H12BrFN2O. The molecule has 1 fully saturated rings. The van der Waals surface area contributed by atoms with Crippen LogP contribution in [0.15, 0.2) is 22.7 Å². The molecule has 1 saturated heterocycles. The second-order valence-electron chi connectivity index (χ2n) is 3.84. The van der Waals surface area contributed by atoms with E-state index in [9.17, 15) is 9.18 Å². The molecule has 1 aliphatic rings. The van der Waals surface area contributed by atoms with E-state index in [4.69, 9.17) is 5.73 Å². The number of benzene rings is 1. The topological polar surface area (TPSA) is 46.3 Å². The van der Waals surface area contributed by atoms with E-state index in [0.29, 0.717) is 23.1 Å². The SMILES string of the molecule is NC1CCCN(c2ccc(Br)c(F)c2)C1=O. The van der Waals surface area contributed by atoms with Crippen molar-refractivity contribution in [3.8, 4) is 0 Å². The van der Waals surface area contributed by atoms with Crippen molar-refractivity contribution < 1.29 is 9.18 Å². The smallest absolute Gasteiger partial charge is 0.243 e. The van der Waals surface area contributed by atoms with Crippen LogP contribution in [0.2, 0.25) is 0 Å². The Hall–Kier alpha value is -0.940. The summed E-state index contributed by atoms with van der Waals surface area (Å²) in [7, 11) is 0. The Labute approximate surface area is 102 Å². The Bertz CT molecular complexity index is 424. The Morgan fingerprint density at radius 1 is 1.50 bits per heavy atom. The summed E-state index contributed by atoms with van der Waals surface area (Å²) in [5.41, 5.74) is 6.25. The first-order valence-electron chi connectivity index (χ1n) is 5.11. The Morgan fingerprint density at radius 2 is 2.25 bits per heavy atom. The fourth-order valence-corrected chi connectivity index (χ4v) is 2.06. The first-order valence-corrected chi connectivity index (χ1v) is 5.91. The van der Waals surface area contributed by atoms with Crippen molar-refractivity contribution in [2.45, 2.75) is 18.9 Å². The van der Waals surface area contributed by atoms with E-state index in [1.54, 1.807) is 17.0 Å². The second kappa shape index (κ2) is 4.51. The minimum absolute atomic E-state index is 0.132. The highest BCUT2D eigenvalue weighted by Gasteiger charge is 2.26. The summed E-state index contributed by atoms with van der Waals surface area (Å²) < 4.78 is 13.7. The number of hydrogen-bond donors (Lipinski definition) is 1. The number of nitrogens with two attached hydrogens (primary N) is 1. The van der Waals surface area contributed by atoms with Gasteiger partial charge in [-0.2, -0.15) is 0 Å². The van der Waals surface area contributed by atoms with Crippen molar-refractivity contribution >= 4 is 27.5 Å². The predicted molar refractivity (Wildman–Crippen MR) is 63.7 cm³/mol. The average Bonchev–Trinajstić information content (AvgIpc) is 2.26. The molecule has 1 unspecified atom stereocenters. The lowest BCUT2D eigenvalue weighted by Gasteiger charge is -2.30. The third kappa shape index (κ3) is 2.10. The van der Waals surface area contributed by atoms with Gasteiger partial charge in [-0.3, -0.25) is 4.79 Å². The molecule has 0 bridgehead atoms. The van der Waals surface area contributed by atoms with Crippen LogP contribution in [0.1, 0.15) is 12.8 Å². The van der Waals surface area contributed by atoms with Gasteiger partial charge in [-0.05, 0) is 47.0 Å². The van der Waals surface area contributed by atoms with Gasteiger partial charge in [0.15, 0.2) is 0 Å². The summed E-state index contributed by atoms with van der Waals surface area (Å²) in [6.45, 7) is 0.605. The van der Waals surface area contributed by atoms with Gasteiger partial charge in [0.05, 0.1) is 10.5 Å².